The number of hydrogen-bond acceptors (Lipinski definition) is 5. The van der Waals surface area contributed by atoms with Crippen LogP contribution in [0.3, 0.4) is 0 Å². The summed E-state index contributed by atoms with van der Waals surface area (Å²) >= 11 is 0. The quantitative estimate of drug-likeness (QED) is 0.465. The zero-order valence-corrected chi connectivity index (χ0v) is 21.7. The van der Waals surface area contributed by atoms with E-state index in [0.717, 1.165) is 11.1 Å². The highest BCUT2D eigenvalue weighted by Crippen LogP contribution is 2.16. The average molecular weight is 485 g/mol. The minimum absolute atomic E-state index is 0.210. The molecular weight excluding hydrogens is 444 g/mol. The number of benzene rings is 2. The summed E-state index contributed by atoms with van der Waals surface area (Å²) in [5, 5.41) is 17.0. The SMILES string of the molecule is CC(C)(C)OC(=O)N[C@@H](Cc1ccccc1)C[C@H](O)[C@H](Cc1ccccc1)NC(=O)OC(C)(C)C. The third-order valence-corrected chi connectivity index (χ3v) is 5.04. The lowest BCUT2D eigenvalue weighted by Crippen LogP contribution is -2.50. The molecule has 0 aliphatic carbocycles. The van der Waals surface area contributed by atoms with Crippen molar-refractivity contribution in [3.05, 3.63) is 71.8 Å². The number of hydrogen-bond donors (Lipinski definition) is 3. The number of aliphatic hydroxyl groups excluding tert-OH is 1. The fourth-order valence-corrected chi connectivity index (χ4v) is 3.63. The highest BCUT2D eigenvalue weighted by atomic mass is 16.6. The first-order valence-corrected chi connectivity index (χ1v) is 12.1. The Balaban J connectivity index is 2.20. The highest BCUT2D eigenvalue weighted by Gasteiger charge is 2.29. The number of carbonyl (C=O) groups excluding carboxylic acids is 2. The van der Waals surface area contributed by atoms with Crippen LogP contribution < -0.4 is 10.6 Å². The molecule has 0 radical (unpaired) electrons. The molecule has 2 rings (SSSR count). The van der Waals surface area contributed by atoms with Crippen molar-refractivity contribution >= 4 is 12.2 Å². The molecule has 0 saturated heterocycles. The molecule has 3 atom stereocenters. The first-order valence-electron chi connectivity index (χ1n) is 12.1. The summed E-state index contributed by atoms with van der Waals surface area (Å²) in [6, 6.07) is 18.3. The van der Waals surface area contributed by atoms with Gasteiger partial charge in [-0.25, -0.2) is 9.59 Å². The van der Waals surface area contributed by atoms with E-state index in [0.29, 0.717) is 12.8 Å². The van der Waals surface area contributed by atoms with Gasteiger partial charge in [0.15, 0.2) is 0 Å². The second kappa shape index (κ2) is 12.6. The molecule has 2 aromatic carbocycles. The number of alkyl carbamates (subject to hydrolysis) is 2. The van der Waals surface area contributed by atoms with E-state index in [4.69, 9.17) is 9.47 Å². The van der Waals surface area contributed by atoms with E-state index in [9.17, 15) is 14.7 Å². The molecule has 0 aromatic heterocycles. The average Bonchev–Trinajstić information content (AvgIpc) is 2.72. The smallest absolute Gasteiger partial charge is 0.407 e. The maximum atomic E-state index is 12.5. The van der Waals surface area contributed by atoms with E-state index < -0.39 is 41.6 Å². The number of carbonyl (C=O) groups is 2. The van der Waals surface area contributed by atoms with Crippen LogP contribution in [0.4, 0.5) is 9.59 Å². The molecule has 7 heteroatoms. The number of ether oxygens (including phenoxy) is 2. The first kappa shape index (κ1) is 28.2. The predicted octanol–water partition coefficient (Wildman–Crippen LogP) is 5.01. The van der Waals surface area contributed by atoms with Crippen LogP contribution in [-0.4, -0.2) is 46.7 Å². The second-order valence-electron chi connectivity index (χ2n) is 10.8. The minimum Gasteiger partial charge on any atom is -0.444 e. The van der Waals surface area contributed by atoms with Gasteiger partial charge in [0.1, 0.15) is 11.2 Å². The van der Waals surface area contributed by atoms with Crippen LogP contribution in [0.25, 0.3) is 0 Å². The second-order valence-corrected chi connectivity index (χ2v) is 10.8. The van der Waals surface area contributed by atoms with Crippen molar-refractivity contribution in [1.82, 2.24) is 10.6 Å². The first-order chi connectivity index (χ1) is 16.3. The van der Waals surface area contributed by atoms with E-state index in [-0.39, 0.29) is 6.42 Å². The van der Waals surface area contributed by atoms with Gasteiger partial charge in [-0.15, -0.1) is 0 Å². The lowest BCUT2D eigenvalue weighted by Gasteiger charge is -2.30. The molecule has 0 saturated carbocycles. The lowest BCUT2D eigenvalue weighted by molar-refractivity contribution is 0.0365. The lowest BCUT2D eigenvalue weighted by atomic mass is 9.94. The maximum absolute atomic E-state index is 12.5. The van der Waals surface area contributed by atoms with Crippen molar-refractivity contribution in [3.63, 3.8) is 0 Å². The molecule has 0 heterocycles. The van der Waals surface area contributed by atoms with Gasteiger partial charge in [0.05, 0.1) is 12.1 Å². The highest BCUT2D eigenvalue weighted by molar-refractivity contribution is 5.68. The van der Waals surface area contributed by atoms with E-state index in [1.165, 1.54) is 0 Å². The molecule has 3 N–H and O–H groups in total. The minimum atomic E-state index is -0.952. The monoisotopic (exact) mass is 484 g/mol. The standard InChI is InChI=1S/C28H40N2O5/c1-27(2,3)34-25(32)29-22(17-20-13-9-7-10-14-20)19-24(31)23(18-21-15-11-8-12-16-21)30-26(33)35-28(4,5)6/h7-16,22-24,31H,17-19H2,1-6H3,(H,29,32)(H,30,33)/t22-,23-,24-/m0/s1. The van der Waals surface area contributed by atoms with Crippen LogP contribution in [-0.2, 0) is 22.3 Å². The number of rotatable bonds is 9. The third-order valence-electron chi connectivity index (χ3n) is 5.04. The van der Waals surface area contributed by atoms with E-state index in [1.807, 2.05) is 60.7 Å². The van der Waals surface area contributed by atoms with Crippen LogP contribution in [0.15, 0.2) is 60.7 Å². The molecule has 7 nitrogen and oxygen atoms in total. The van der Waals surface area contributed by atoms with Gasteiger partial charge in [-0.05, 0) is 71.9 Å². The molecule has 2 aromatic rings. The summed E-state index contributed by atoms with van der Waals surface area (Å²) in [5.74, 6) is 0. The molecule has 0 unspecified atom stereocenters. The topological polar surface area (TPSA) is 96.9 Å². The Kier molecular flexibility index (Phi) is 10.1. The molecule has 0 fully saturated rings. The van der Waals surface area contributed by atoms with Crippen molar-refractivity contribution in [2.75, 3.05) is 0 Å². The van der Waals surface area contributed by atoms with Crippen molar-refractivity contribution in [2.45, 2.75) is 90.2 Å². The van der Waals surface area contributed by atoms with Gasteiger partial charge in [0.25, 0.3) is 0 Å². The van der Waals surface area contributed by atoms with Crippen molar-refractivity contribution < 1.29 is 24.2 Å². The summed E-state index contributed by atoms with van der Waals surface area (Å²) in [4.78, 5) is 25.1. The fraction of sp³-hybridized carbons (Fsp3) is 0.500. The normalized spacial score (nSPS) is 14.4. The van der Waals surface area contributed by atoms with Crippen molar-refractivity contribution in [2.24, 2.45) is 0 Å². The molecular formula is C28H40N2O5. The summed E-state index contributed by atoms with van der Waals surface area (Å²) in [6.07, 6.45) is -0.983. The molecule has 2 amide bonds. The Morgan fingerprint density at radius 2 is 1.17 bits per heavy atom. The van der Waals surface area contributed by atoms with Gasteiger partial charge in [-0.3, -0.25) is 0 Å². The predicted molar refractivity (Wildman–Crippen MR) is 137 cm³/mol. The van der Waals surface area contributed by atoms with Crippen molar-refractivity contribution in [1.29, 1.82) is 0 Å². The Hall–Kier alpha value is -3.06. The van der Waals surface area contributed by atoms with Crippen molar-refractivity contribution in [3.8, 4) is 0 Å². The maximum Gasteiger partial charge on any atom is 0.407 e. The zero-order chi connectivity index (χ0) is 26.1. The van der Waals surface area contributed by atoms with E-state index in [2.05, 4.69) is 10.6 Å². The molecule has 0 bridgehead atoms. The molecule has 35 heavy (non-hydrogen) atoms. The van der Waals surface area contributed by atoms with Crippen LogP contribution in [0.5, 0.6) is 0 Å². The van der Waals surface area contributed by atoms with Gasteiger partial charge < -0.3 is 25.2 Å². The van der Waals surface area contributed by atoms with Gasteiger partial charge in [0.2, 0.25) is 0 Å². The summed E-state index contributed by atoms with van der Waals surface area (Å²) < 4.78 is 10.9. The Morgan fingerprint density at radius 3 is 1.63 bits per heavy atom. The Morgan fingerprint density at radius 1 is 0.743 bits per heavy atom. The molecule has 0 aliphatic heterocycles. The van der Waals surface area contributed by atoms with Crippen LogP contribution in [0.1, 0.15) is 59.1 Å². The van der Waals surface area contributed by atoms with E-state index in [1.54, 1.807) is 41.5 Å². The molecule has 192 valence electrons. The van der Waals surface area contributed by atoms with Crippen LogP contribution in [0.2, 0.25) is 0 Å². The summed E-state index contributed by atoms with van der Waals surface area (Å²) in [5.41, 5.74) is 0.668. The van der Waals surface area contributed by atoms with Gasteiger partial charge in [-0.1, -0.05) is 60.7 Å². The third kappa shape index (κ3) is 11.8. The van der Waals surface area contributed by atoms with Gasteiger partial charge in [-0.2, -0.15) is 0 Å². The van der Waals surface area contributed by atoms with Gasteiger partial charge >= 0.3 is 12.2 Å². The largest absolute Gasteiger partial charge is 0.444 e. The summed E-state index contributed by atoms with van der Waals surface area (Å²) in [7, 11) is 0. The van der Waals surface area contributed by atoms with Crippen LogP contribution in [0, 0.1) is 0 Å². The molecule has 0 aliphatic rings. The number of nitrogens with one attached hydrogen (secondary N) is 2. The number of amides is 2. The van der Waals surface area contributed by atoms with Crippen LogP contribution >= 0.6 is 0 Å². The van der Waals surface area contributed by atoms with Gasteiger partial charge in [0, 0.05) is 6.04 Å². The molecule has 0 spiro atoms. The Labute approximate surface area is 209 Å². The van der Waals surface area contributed by atoms with E-state index >= 15 is 0 Å². The Bertz CT molecular complexity index is 920. The fourth-order valence-electron chi connectivity index (χ4n) is 3.63. The number of aliphatic hydroxyl groups is 1. The zero-order valence-electron chi connectivity index (χ0n) is 21.7. The summed E-state index contributed by atoms with van der Waals surface area (Å²) in [6.45, 7) is 10.8.